The first-order chi connectivity index (χ1) is 6.77. The van der Waals surface area contributed by atoms with Gasteiger partial charge in [-0.3, -0.25) is 4.79 Å². The minimum absolute atomic E-state index is 0.0781. The van der Waals surface area contributed by atoms with E-state index in [0.29, 0.717) is 0 Å². The monoisotopic (exact) mass is 192 g/mol. The SMILES string of the molecule is Cc1nc2c(c(=O)[nH]1)CCCCCC2. The first-order valence-corrected chi connectivity index (χ1v) is 5.36. The second-order valence-corrected chi connectivity index (χ2v) is 3.99. The average molecular weight is 192 g/mol. The van der Waals surface area contributed by atoms with Gasteiger partial charge in [-0.05, 0) is 32.6 Å². The summed E-state index contributed by atoms with van der Waals surface area (Å²) in [7, 11) is 0. The van der Waals surface area contributed by atoms with Crippen LogP contribution in [0.5, 0.6) is 0 Å². The van der Waals surface area contributed by atoms with Crippen LogP contribution in [0.15, 0.2) is 4.79 Å². The van der Waals surface area contributed by atoms with Crippen LogP contribution in [-0.4, -0.2) is 9.97 Å². The summed E-state index contributed by atoms with van der Waals surface area (Å²) in [6.45, 7) is 1.85. The van der Waals surface area contributed by atoms with Crippen LogP contribution in [0.25, 0.3) is 0 Å². The highest BCUT2D eigenvalue weighted by atomic mass is 16.1. The standard InChI is InChI=1S/C11H16N2O/c1-8-12-10-7-5-3-2-4-6-9(10)11(14)13-8/h2-7H2,1H3,(H,12,13,14). The molecular weight excluding hydrogens is 176 g/mol. The van der Waals surface area contributed by atoms with Crippen LogP contribution in [0.2, 0.25) is 0 Å². The summed E-state index contributed by atoms with van der Waals surface area (Å²) in [4.78, 5) is 18.9. The maximum absolute atomic E-state index is 11.7. The molecule has 76 valence electrons. The molecule has 1 aliphatic carbocycles. The molecule has 1 N–H and O–H groups in total. The van der Waals surface area contributed by atoms with Crippen LogP contribution in [0, 0.1) is 6.92 Å². The van der Waals surface area contributed by atoms with Gasteiger partial charge >= 0.3 is 0 Å². The van der Waals surface area contributed by atoms with Gasteiger partial charge in [-0.2, -0.15) is 0 Å². The van der Waals surface area contributed by atoms with Gasteiger partial charge in [0.2, 0.25) is 0 Å². The van der Waals surface area contributed by atoms with Gasteiger partial charge in [0.1, 0.15) is 5.82 Å². The fourth-order valence-corrected chi connectivity index (χ4v) is 2.08. The number of nitrogens with one attached hydrogen (secondary N) is 1. The summed E-state index contributed by atoms with van der Waals surface area (Å²) >= 11 is 0. The third kappa shape index (κ3) is 1.86. The van der Waals surface area contributed by atoms with Crippen molar-refractivity contribution in [2.45, 2.75) is 45.4 Å². The highest BCUT2D eigenvalue weighted by Crippen LogP contribution is 2.15. The van der Waals surface area contributed by atoms with Crippen molar-refractivity contribution >= 4 is 0 Å². The van der Waals surface area contributed by atoms with Crippen molar-refractivity contribution in [2.24, 2.45) is 0 Å². The van der Waals surface area contributed by atoms with Gasteiger partial charge in [0.05, 0.1) is 5.69 Å². The lowest BCUT2D eigenvalue weighted by Gasteiger charge is -2.11. The third-order valence-electron chi connectivity index (χ3n) is 2.81. The molecule has 0 saturated carbocycles. The summed E-state index contributed by atoms with van der Waals surface area (Å²) in [5.74, 6) is 0.745. The topological polar surface area (TPSA) is 45.8 Å². The summed E-state index contributed by atoms with van der Waals surface area (Å²) in [6, 6.07) is 0. The lowest BCUT2D eigenvalue weighted by molar-refractivity contribution is 0.601. The zero-order valence-electron chi connectivity index (χ0n) is 8.60. The average Bonchev–Trinajstić information content (AvgIpc) is 2.07. The smallest absolute Gasteiger partial charge is 0.254 e. The van der Waals surface area contributed by atoms with Crippen LogP contribution >= 0.6 is 0 Å². The zero-order valence-corrected chi connectivity index (χ0v) is 8.60. The molecule has 1 aromatic rings. The normalized spacial score (nSPS) is 16.9. The molecule has 0 amide bonds. The van der Waals surface area contributed by atoms with Gasteiger partial charge in [0, 0.05) is 5.56 Å². The lowest BCUT2D eigenvalue weighted by atomic mass is 9.98. The van der Waals surface area contributed by atoms with E-state index in [2.05, 4.69) is 9.97 Å². The number of nitrogens with zero attached hydrogens (tertiary/aromatic N) is 1. The molecule has 0 aliphatic heterocycles. The maximum atomic E-state index is 11.7. The molecule has 0 unspecified atom stereocenters. The van der Waals surface area contributed by atoms with E-state index in [1.807, 2.05) is 6.92 Å². The van der Waals surface area contributed by atoms with E-state index in [1.54, 1.807) is 0 Å². The van der Waals surface area contributed by atoms with E-state index in [9.17, 15) is 4.79 Å². The Hall–Kier alpha value is -1.12. The van der Waals surface area contributed by atoms with Gasteiger partial charge in [-0.15, -0.1) is 0 Å². The van der Waals surface area contributed by atoms with E-state index in [0.717, 1.165) is 36.3 Å². The molecule has 0 aromatic carbocycles. The molecule has 0 bridgehead atoms. The van der Waals surface area contributed by atoms with Crippen molar-refractivity contribution in [1.82, 2.24) is 9.97 Å². The Labute approximate surface area is 83.6 Å². The number of fused-ring (bicyclic) bond motifs is 1. The first kappa shape index (κ1) is 9.44. The van der Waals surface area contributed by atoms with Crippen molar-refractivity contribution in [3.8, 4) is 0 Å². The molecule has 1 aliphatic rings. The van der Waals surface area contributed by atoms with E-state index in [1.165, 1.54) is 19.3 Å². The highest BCUT2D eigenvalue weighted by Gasteiger charge is 2.11. The molecule has 0 radical (unpaired) electrons. The Morgan fingerprint density at radius 1 is 1.14 bits per heavy atom. The molecule has 3 nitrogen and oxygen atoms in total. The van der Waals surface area contributed by atoms with Crippen LogP contribution in [0.1, 0.15) is 42.8 Å². The highest BCUT2D eigenvalue weighted by molar-refractivity contribution is 5.18. The first-order valence-electron chi connectivity index (χ1n) is 5.36. The van der Waals surface area contributed by atoms with Gasteiger partial charge in [0.25, 0.3) is 5.56 Å². The Morgan fingerprint density at radius 2 is 1.86 bits per heavy atom. The Morgan fingerprint density at radius 3 is 2.64 bits per heavy atom. The fourth-order valence-electron chi connectivity index (χ4n) is 2.08. The molecule has 0 fully saturated rings. The second-order valence-electron chi connectivity index (χ2n) is 3.99. The van der Waals surface area contributed by atoms with Crippen LogP contribution in [-0.2, 0) is 12.8 Å². The molecular formula is C11H16N2O. The largest absolute Gasteiger partial charge is 0.311 e. The predicted octanol–water partition coefficient (Wildman–Crippen LogP) is 1.74. The van der Waals surface area contributed by atoms with Gasteiger partial charge in [0.15, 0.2) is 0 Å². The molecule has 0 saturated heterocycles. The quantitative estimate of drug-likeness (QED) is 0.680. The van der Waals surface area contributed by atoms with Gasteiger partial charge < -0.3 is 4.98 Å². The number of hydrogen-bond acceptors (Lipinski definition) is 2. The van der Waals surface area contributed by atoms with Crippen LogP contribution < -0.4 is 5.56 Å². The number of hydrogen-bond donors (Lipinski definition) is 1. The summed E-state index contributed by atoms with van der Waals surface area (Å²) in [5, 5.41) is 0. The minimum atomic E-state index is 0.0781. The summed E-state index contributed by atoms with van der Waals surface area (Å²) < 4.78 is 0. The summed E-state index contributed by atoms with van der Waals surface area (Å²) in [6.07, 6.45) is 6.68. The molecule has 0 spiro atoms. The van der Waals surface area contributed by atoms with E-state index >= 15 is 0 Å². The van der Waals surface area contributed by atoms with Crippen LogP contribution in [0.3, 0.4) is 0 Å². The second kappa shape index (κ2) is 3.95. The number of aromatic amines is 1. The fraction of sp³-hybridized carbons (Fsp3) is 0.636. The maximum Gasteiger partial charge on any atom is 0.254 e. The van der Waals surface area contributed by atoms with Crippen molar-refractivity contribution in [3.05, 3.63) is 27.4 Å². The Bertz CT molecular complexity index is 381. The van der Waals surface area contributed by atoms with E-state index in [4.69, 9.17) is 0 Å². The van der Waals surface area contributed by atoms with E-state index < -0.39 is 0 Å². The molecule has 14 heavy (non-hydrogen) atoms. The Balaban J connectivity index is 2.44. The molecule has 3 heteroatoms. The predicted molar refractivity (Wildman–Crippen MR) is 55.5 cm³/mol. The van der Waals surface area contributed by atoms with Gasteiger partial charge in [-0.25, -0.2) is 4.98 Å². The Kier molecular flexibility index (Phi) is 2.66. The molecule has 1 aromatic heterocycles. The number of aromatic nitrogens is 2. The number of H-pyrrole nitrogens is 1. The lowest BCUT2D eigenvalue weighted by Crippen LogP contribution is -2.20. The van der Waals surface area contributed by atoms with Crippen molar-refractivity contribution in [1.29, 1.82) is 0 Å². The third-order valence-corrected chi connectivity index (χ3v) is 2.81. The van der Waals surface area contributed by atoms with Crippen molar-refractivity contribution in [3.63, 3.8) is 0 Å². The number of rotatable bonds is 0. The van der Waals surface area contributed by atoms with E-state index in [-0.39, 0.29) is 5.56 Å². The van der Waals surface area contributed by atoms with Crippen LogP contribution in [0.4, 0.5) is 0 Å². The molecule has 2 rings (SSSR count). The van der Waals surface area contributed by atoms with Crippen molar-refractivity contribution < 1.29 is 0 Å². The molecule has 1 heterocycles. The minimum Gasteiger partial charge on any atom is -0.311 e. The number of aryl methyl sites for hydroxylation is 2. The van der Waals surface area contributed by atoms with Crippen molar-refractivity contribution in [2.75, 3.05) is 0 Å². The summed E-state index contributed by atoms with van der Waals surface area (Å²) in [5.41, 5.74) is 2.04. The zero-order chi connectivity index (χ0) is 9.97. The van der Waals surface area contributed by atoms with Gasteiger partial charge in [-0.1, -0.05) is 12.8 Å². The molecule has 0 atom stereocenters.